The standard InChI is InChI=1S/C24H35N5O7S/c1-3-25-23(32)29(16-20(17-34-2)35-24(33)27-18-9-5-4-6-10-18)14-8-7-13-26-36-28-37-22-12-11-19(30)15-21(22)31/h4-6,9-12,15,20,26,28,30-31H,3,7-8,13-14,16-17H2,1-2H3,(H,25,32)(H,27,33). The number of nitrogens with one attached hydrogen (secondary N) is 4. The van der Waals surface area contributed by atoms with E-state index in [0.29, 0.717) is 43.1 Å². The fraction of sp³-hybridized carbons (Fsp3) is 0.417. The molecule has 0 spiro atoms. The number of rotatable bonds is 16. The van der Waals surface area contributed by atoms with Crippen LogP contribution in [0.3, 0.4) is 0 Å². The maximum atomic E-state index is 12.6. The van der Waals surface area contributed by atoms with Crippen LogP contribution < -0.4 is 21.0 Å². The number of phenolic OH excluding ortho intramolecular Hbond substituents is 2. The van der Waals surface area contributed by atoms with Crippen molar-refractivity contribution in [2.45, 2.75) is 30.8 Å². The third-order valence-corrected chi connectivity index (χ3v) is 5.58. The summed E-state index contributed by atoms with van der Waals surface area (Å²) in [4.78, 5) is 34.7. The number of anilines is 1. The summed E-state index contributed by atoms with van der Waals surface area (Å²) in [5.41, 5.74) is 3.35. The van der Waals surface area contributed by atoms with Crippen molar-refractivity contribution in [1.82, 2.24) is 20.6 Å². The van der Waals surface area contributed by atoms with Gasteiger partial charge in [0.1, 0.15) is 17.6 Å². The highest BCUT2D eigenvalue weighted by Gasteiger charge is 2.22. The van der Waals surface area contributed by atoms with Gasteiger partial charge in [-0.3, -0.25) is 5.32 Å². The largest absolute Gasteiger partial charge is 0.508 e. The highest BCUT2D eigenvalue weighted by molar-refractivity contribution is 7.97. The lowest BCUT2D eigenvalue weighted by molar-refractivity contribution is 0.00876. The number of amides is 3. The van der Waals surface area contributed by atoms with Crippen LogP contribution in [0.2, 0.25) is 0 Å². The normalized spacial score (nSPS) is 11.5. The minimum absolute atomic E-state index is 0.0295. The second kappa shape index (κ2) is 17.3. The van der Waals surface area contributed by atoms with Crippen LogP contribution in [-0.4, -0.2) is 73.2 Å². The summed E-state index contributed by atoms with van der Waals surface area (Å²) < 4.78 is 10.7. The van der Waals surface area contributed by atoms with Crippen LogP contribution in [0.15, 0.2) is 53.4 Å². The van der Waals surface area contributed by atoms with Crippen molar-refractivity contribution in [2.24, 2.45) is 0 Å². The number of ether oxygens (including phenoxy) is 2. The number of unbranched alkanes of at least 4 members (excludes halogenated alkanes) is 1. The number of carbonyl (C=O) groups is 2. The molecule has 0 aliphatic heterocycles. The number of urea groups is 1. The minimum atomic E-state index is -0.657. The fourth-order valence-corrected chi connectivity index (χ4v) is 3.64. The van der Waals surface area contributed by atoms with Crippen molar-refractivity contribution >= 4 is 29.8 Å². The average molecular weight is 538 g/mol. The number of carbonyl (C=O) groups excluding carboxylic acids is 2. The lowest BCUT2D eigenvalue weighted by Gasteiger charge is -2.27. The quantitative estimate of drug-likeness (QED) is 0.107. The van der Waals surface area contributed by atoms with E-state index in [-0.39, 0.29) is 30.7 Å². The Hall–Kier alpha value is -3.23. The monoisotopic (exact) mass is 537 g/mol. The second-order valence-electron chi connectivity index (χ2n) is 7.80. The van der Waals surface area contributed by atoms with E-state index >= 15 is 0 Å². The molecule has 0 aliphatic carbocycles. The predicted octanol–water partition coefficient (Wildman–Crippen LogP) is 3.21. The van der Waals surface area contributed by atoms with Crippen LogP contribution in [0, 0.1) is 0 Å². The van der Waals surface area contributed by atoms with Gasteiger partial charge in [0.15, 0.2) is 0 Å². The molecular weight excluding hydrogens is 502 g/mol. The molecule has 0 aromatic heterocycles. The van der Waals surface area contributed by atoms with Crippen molar-refractivity contribution in [2.75, 3.05) is 45.2 Å². The molecule has 2 rings (SSSR count). The van der Waals surface area contributed by atoms with Gasteiger partial charge in [-0.25, -0.2) is 14.5 Å². The Kier molecular flexibility index (Phi) is 14.0. The van der Waals surface area contributed by atoms with E-state index in [9.17, 15) is 19.8 Å². The summed E-state index contributed by atoms with van der Waals surface area (Å²) in [7, 11) is 1.50. The molecule has 0 fully saturated rings. The topological polar surface area (TPSA) is 154 Å². The van der Waals surface area contributed by atoms with E-state index in [2.05, 4.69) is 21.0 Å². The van der Waals surface area contributed by atoms with E-state index in [4.69, 9.17) is 14.4 Å². The summed E-state index contributed by atoms with van der Waals surface area (Å²) in [6.45, 7) is 3.52. The zero-order chi connectivity index (χ0) is 26.9. The highest BCUT2D eigenvalue weighted by Crippen LogP contribution is 2.29. The summed E-state index contributed by atoms with van der Waals surface area (Å²) >= 11 is 1.03. The molecule has 6 N–H and O–H groups in total. The number of para-hydroxylation sites is 1. The van der Waals surface area contributed by atoms with E-state index in [1.807, 2.05) is 13.0 Å². The molecule has 0 heterocycles. The number of hydrogen-bond acceptors (Lipinski definition) is 10. The van der Waals surface area contributed by atoms with E-state index in [1.165, 1.54) is 19.2 Å². The van der Waals surface area contributed by atoms with Crippen molar-refractivity contribution in [3.63, 3.8) is 0 Å². The molecule has 3 amide bonds. The fourth-order valence-electron chi connectivity index (χ4n) is 3.15. The Labute approximate surface area is 220 Å². The zero-order valence-electron chi connectivity index (χ0n) is 20.9. The molecule has 0 saturated heterocycles. The molecule has 0 saturated carbocycles. The Morgan fingerprint density at radius 2 is 1.89 bits per heavy atom. The molecule has 13 heteroatoms. The molecule has 204 valence electrons. The molecule has 0 aliphatic rings. The van der Waals surface area contributed by atoms with E-state index < -0.39 is 12.2 Å². The van der Waals surface area contributed by atoms with Gasteiger partial charge in [0.2, 0.25) is 0 Å². The maximum Gasteiger partial charge on any atom is 0.412 e. The lowest BCUT2D eigenvalue weighted by Crippen LogP contribution is -2.46. The number of hydroxylamine groups is 1. The van der Waals surface area contributed by atoms with Crippen LogP contribution in [-0.2, 0) is 14.4 Å². The first-order chi connectivity index (χ1) is 17.9. The number of aromatic hydroxyl groups is 2. The third kappa shape index (κ3) is 12.0. The molecule has 2 aromatic rings. The molecule has 0 bridgehead atoms. The van der Waals surface area contributed by atoms with Crippen LogP contribution in [0.4, 0.5) is 15.3 Å². The van der Waals surface area contributed by atoms with Gasteiger partial charge in [-0.15, -0.1) is 4.89 Å². The van der Waals surface area contributed by atoms with Gasteiger partial charge in [0.05, 0.1) is 18.0 Å². The summed E-state index contributed by atoms with van der Waals surface area (Å²) in [6, 6.07) is 12.9. The van der Waals surface area contributed by atoms with Gasteiger partial charge in [-0.1, -0.05) is 18.2 Å². The van der Waals surface area contributed by atoms with Crippen molar-refractivity contribution in [3.8, 4) is 11.5 Å². The Morgan fingerprint density at radius 1 is 1.11 bits per heavy atom. The smallest absolute Gasteiger partial charge is 0.412 e. The van der Waals surface area contributed by atoms with Crippen LogP contribution in [0.25, 0.3) is 0 Å². The van der Waals surface area contributed by atoms with Crippen LogP contribution in [0.5, 0.6) is 11.5 Å². The van der Waals surface area contributed by atoms with Gasteiger partial charge in [0, 0.05) is 38.5 Å². The Balaban J connectivity index is 1.74. The van der Waals surface area contributed by atoms with E-state index in [1.54, 1.807) is 35.2 Å². The van der Waals surface area contributed by atoms with Gasteiger partial charge in [-0.05, 0) is 56.0 Å². The second-order valence-corrected chi connectivity index (χ2v) is 8.61. The molecule has 12 nitrogen and oxygen atoms in total. The minimum Gasteiger partial charge on any atom is -0.508 e. The van der Waals surface area contributed by atoms with Crippen LogP contribution in [0.1, 0.15) is 19.8 Å². The first-order valence-electron chi connectivity index (χ1n) is 11.8. The van der Waals surface area contributed by atoms with Crippen molar-refractivity contribution < 1.29 is 34.2 Å². The lowest BCUT2D eigenvalue weighted by atomic mass is 10.2. The van der Waals surface area contributed by atoms with Gasteiger partial charge in [0.25, 0.3) is 0 Å². The number of nitrogens with zero attached hydrogens (tertiary/aromatic N) is 1. The molecule has 1 atom stereocenters. The molecule has 0 radical (unpaired) electrons. The first kappa shape index (κ1) is 30.0. The molecule has 2 aromatic carbocycles. The van der Waals surface area contributed by atoms with E-state index in [0.717, 1.165) is 11.9 Å². The van der Waals surface area contributed by atoms with Crippen molar-refractivity contribution in [3.05, 3.63) is 48.5 Å². The molecular formula is C24H35N5O7S. The zero-order valence-corrected chi connectivity index (χ0v) is 21.8. The number of phenols is 2. The third-order valence-electron chi connectivity index (χ3n) is 4.85. The number of methoxy groups -OCH3 is 1. The summed E-state index contributed by atoms with van der Waals surface area (Å²) in [5, 5.41) is 24.5. The predicted molar refractivity (Wildman–Crippen MR) is 140 cm³/mol. The number of benzene rings is 2. The van der Waals surface area contributed by atoms with Gasteiger partial charge in [-0.2, -0.15) is 5.48 Å². The highest BCUT2D eigenvalue weighted by atomic mass is 32.2. The average Bonchev–Trinajstić information content (AvgIpc) is 2.86. The molecule has 1 unspecified atom stereocenters. The van der Waals surface area contributed by atoms with Gasteiger partial charge >= 0.3 is 12.1 Å². The maximum absolute atomic E-state index is 12.6. The summed E-state index contributed by atoms with van der Waals surface area (Å²) in [6.07, 6.45) is 0.0681. The number of hydrogen-bond donors (Lipinski definition) is 6. The Bertz CT molecular complexity index is 954. The Morgan fingerprint density at radius 3 is 2.59 bits per heavy atom. The van der Waals surface area contributed by atoms with Crippen LogP contribution >= 0.6 is 11.9 Å². The van der Waals surface area contributed by atoms with Gasteiger partial charge < -0.3 is 29.9 Å². The summed E-state index contributed by atoms with van der Waals surface area (Å²) in [5.74, 6) is -0.0991. The SMILES string of the molecule is CCNC(=O)N(CCCCNONSc1ccc(O)cc1O)CC(COC)OC(=O)Nc1ccccc1. The molecule has 37 heavy (non-hydrogen) atoms. The van der Waals surface area contributed by atoms with Crippen molar-refractivity contribution in [1.29, 1.82) is 0 Å². The first-order valence-corrected chi connectivity index (χ1v) is 12.6.